The highest BCUT2D eigenvalue weighted by molar-refractivity contribution is 5.93. The van der Waals surface area contributed by atoms with Crippen LogP contribution >= 0.6 is 0 Å². The van der Waals surface area contributed by atoms with Gasteiger partial charge in [0.05, 0.1) is 5.56 Å². The lowest BCUT2D eigenvalue weighted by molar-refractivity contribution is -0.138. The van der Waals surface area contributed by atoms with Gasteiger partial charge in [0, 0.05) is 25.3 Å². The van der Waals surface area contributed by atoms with Crippen LogP contribution in [0.1, 0.15) is 39.7 Å². The molecule has 0 radical (unpaired) electrons. The van der Waals surface area contributed by atoms with Gasteiger partial charge in [-0.2, -0.15) is 13.2 Å². The van der Waals surface area contributed by atoms with Crippen LogP contribution in [0.4, 0.5) is 13.2 Å². The number of aromatic amines is 1. The van der Waals surface area contributed by atoms with Crippen molar-refractivity contribution in [3.63, 3.8) is 0 Å². The Morgan fingerprint density at radius 1 is 0.969 bits per heavy atom. The predicted molar refractivity (Wildman–Crippen MR) is 116 cm³/mol. The zero-order chi connectivity index (χ0) is 23.1. The van der Waals surface area contributed by atoms with Gasteiger partial charge in [0.25, 0.3) is 11.5 Å². The molecule has 0 atom stereocenters. The molecule has 8 heteroatoms. The Kier molecular flexibility index (Phi) is 7.48. The van der Waals surface area contributed by atoms with E-state index in [-0.39, 0.29) is 17.7 Å². The van der Waals surface area contributed by atoms with E-state index >= 15 is 0 Å². The Bertz CT molecular complexity index is 1110. The van der Waals surface area contributed by atoms with Crippen LogP contribution in [0.2, 0.25) is 0 Å². The van der Waals surface area contributed by atoms with Crippen LogP contribution in [-0.4, -0.2) is 22.3 Å². The number of amides is 1. The Morgan fingerprint density at radius 2 is 1.66 bits per heavy atom. The van der Waals surface area contributed by atoms with Crippen molar-refractivity contribution in [2.24, 2.45) is 0 Å². The Morgan fingerprint density at radius 3 is 2.31 bits per heavy atom. The van der Waals surface area contributed by atoms with Crippen molar-refractivity contribution in [1.82, 2.24) is 15.2 Å². The molecule has 0 saturated heterocycles. The van der Waals surface area contributed by atoms with Gasteiger partial charge in [-0.3, -0.25) is 14.5 Å². The SMILES string of the molecule is CCN(Cc1ccccc1)Cc1ccc(C(=O)NCc2ccccc2C(F)(F)F)c(=O)[nH]1. The van der Waals surface area contributed by atoms with E-state index in [4.69, 9.17) is 0 Å². The molecule has 2 N–H and O–H groups in total. The van der Waals surface area contributed by atoms with Crippen molar-refractivity contribution in [2.45, 2.75) is 32.7 Å². The fourth-order valence-electron chi connectivity index (χ4n) is 3.37. The second-order valence-electron chi connectivity index (χ2n) is 7.35. The van der Waals surface area contributed by atoms with Crippen molar-refractivity contribution < 1.29 is 18.0 Å². The number of carbonyl (C=O) groups excluding carboxylic acids is 1. The average Bonchev–Trinajstić information content (AvgIpc) is 2.77. The lowest BCUT2D eigenvalue weighted by Crippen LogP contribution is -2.31. The molecule has 0 aliphatic heterocycles. The van der Waals surface area contributed by atoms with E-state index in [1.807, 2.05) is 37.3 Å². The molecular weight excluding hydrogens is 419 g/mol. The second-order valence-corrected chi connectivity index (χ2v) is 7.35. The highest BCUT2D eigenvalue weighted by atomic mass is 19.4. The zero-order valence-electron chi connectivity index (χ0n) is 17.6. The van der Waals surface area contributed by atoms with Crippen molar-refractivity contribution in [3.8, 4) is 0 Å². The van der Waals surface area contributed by atoms with E-state index in [0.717, 1.165) is 18.2 Å². The average molecular weight is 443 g/mol. The lowest BCUT2D eigenvalue weighted by Gasteiger charge is -2.20. The lowest BCUT2D eigenvalue weighted by atomic mass is 10.1. The first-order valence-corrected chi connectivity index (χ1v) is 10.2. The maximum atomic E-state index is 13.1. The van der Waals surface area contributed by atoms with E-state index in [2.05, 4.69) is 15.2 Å². The summed E-state index contributed by atoms with van der Waals surface area (Å²) in [7, 11) is 0. The Hall–Kier alpha value is -3.39. The van der Waals surface area contributed by atoms with Gasteiger partial charge in [-0.05, 0) is 35.9 Å². The first-order chi connectivity index (χ1) is 15.3. The first-order valence-electron chi connectivity index (χ1n) is 10.2. The summed E-state index contributed by atoms with van der Waals surface area (Å²) in [6.45, 7) is 3.64. The fourth-order valence-corrected chi connectivity index (χ4v) is 3.37. The number of aromatic nitrogens is 1. The van der Waals surface area contributed by atoms with Gasteiger partial charge in [0.2, 0.25) is 0 Å². The molecule has 3 aromatic rings. The molecule has 2 aromatic carbocycles. The summed E-state index contributed by atoms with van der Waals surface area (Å²) in [6.07, 6.45) is -4.52. The number of nitrogens with zero attached hydrogens (tertiary/aromatic N) is 1. The number of benzene rings is 2. The number of rotatable bonds is 8. The molecule has 0 bridgehead atoms. The van der Waals surface area contributed by atoms with E-state index in [1.165, 1.54) is 24.3 Å². The molecule has 168 valence electrons. The molecule has 0 aliphatic rings. The highest BCUT2D eigenvalue weighted by Gasteiger charge is 2.32. The monoisotopic (exact) mass is 443 g/mol. The molecule has 0 unspecified atom stereocenters. The van der Waals surface area contributed by atoms with Gasteiger partial charge in [-0.25, -0.2) is 0 Å². The Balaban J connectivity index is 1.66. The second kappa shape index (κ2) is 10.3. The summed E-state index contributed by atoms with van der Waals surface area (Å²) < 4.78 is 39.3. The van der Waals surface area contributed by atoms with Gasteiger partial charge in [-0.1, -0.05) is 55.5 Å². The molecule has 1 heterocycles. The van der Waals surface area contributed by atoms with Gasteiger partial charge >= 0.3 is 6.18 Å². The number of nitrogens with one attached hydrogen (secondary N) is 2. The van der Waals surface area contributed by atoms with Gasteiger partial charge in [0.1, 0.15) is 5.56 Å². The van der Waals surface area contributed by atoms with E-state index < -0.39 is 23.2 Å². The molecule has 0 spiro atoms. The molecule has 1 amide bonds. The van der Waals surface area contributed by atoms with Gasteiger partial charge < -0.3 is 10.3 Å². The van der Waals surface area contributed by atoms with Crippen molar-refractivity contribution in [1.29, 1.82) is 0 Å². The van der Waals surface area contributed by atoms with E-state index in [0.29, 0.717) is 18.8 Å². The number of H-pyrrole nitrogens is 1. The molecule has 1 aromatic heterocycles. The minimum absolute atomic E-state index is 0.0686. The minimum Gasteiger partial charge on any atom is -0.348 e. The molecular formula is C24H24F3N3O2. The summed E-state index contributed by atoms with van der Waals surface area (Å²) in [5.41, 5.74) is 0.173. The van der Waals surface area contributed by atoms with Gasteiger partial charge in [0.15, 0.2) is 0 Å². The maximum Gasteiger partial charge on any atom is 0.416 e. The number of pyridine rings is 1. The third kappa shape index (κ3) is 6.07. The number of hydrogen-bond acceptors (Lipinski definition) is 3. The van der Waals surface area contributed by atoms with Gasteiger partial charge in [-0.15, -0.1) is 0 Å². The van der Waals surface area contributed by atoms with Crippen molar-refractivity contribution >= 4 is 5.91 Å². The standard InChI is InChI=1S/C24H24F3N3O2/c1-2-30(15-17-8-4-3-5-9-17)16-19-12-13-20(23(32)29-19)22(31)28-14-18-10-6-7-11-21(18)24(25,26)27/h3-13H,2,14-16H2,1H3,(H,28,31)(H,29,32). The normalized spacial score (nSPS) is 11.5. The Labute approximate surface area is 183 Å². The zero-order valence-corrected chi connectivity index (χ0v) is 17.6. The van der Waals surface area contributed by atoms with Crippen LogP contribution in [0.5, 0.6) is 0 Å². The third-order valence-corrected chi connectivity index (χ3v) is 5.07. The summed E-state index contributed by atoms with van der Waals surface area (Å²) in [5.74, 6) is -0.730. The number of alkyl halides is 3. The molecule has 5 nitrogen and oxygen atoms in total. The largest absolute Gasteiger partial charge is 0.416 e. The molecule has 32 heavy (non-hydrogen) atoms. The number of hydrogen-bond donors (Lipinski definition) is 2. The van der Waals surface area contributed by atoms with Crippen LogP contribution in [0, 0.1) is 0 Å². The van der Waals surface area contributed by atoms with Crippen LogP contribution in [0.25, 0.3) is 0 Å². The third-order valence-electron chi connectivity index (χ3n) is 5.07. The summed E-state index contributed by atoms with van der Waals surface area (Å²) in [5, 5.41) is 2.40. The van der Waals surface area contributed by atoms with Crippen LogP contribution < -0.4 is 10.9 Å². The predicted octanol–water partition coefficient (Wildman–Crippen LogP) is 4.35. The van der Waals surface area contributed by atoms with E-state index in [9.17, 15) is 22.8 Å². The quantitative estimate of drug-likeness (QED) is 0.544. The molecule has 0 saturated carbocycles. The van der Waals surface area contributed by atoms with Crippen LogP contribution in [0.15, 0.2) is 71.5 Å². The van der Waals surface area contributed by atoms with Crippen molar-refractivity contribution in [2.75, 3.05) is 6.54 Å². The molecule has 3 rings (SSSR count). The van der Waals surface area contributed by atoms with Crippen LogP contribution in [0.3, 0.4) is 0 Å². The number of carbonyl (C=O) groups is 1. The summed E-state index contributed by atoms with van der Waals surface area (Å²) in [4.78, 5) is 29.7. The minimum atomic E-state index is -4.52. The van der Waals surface area contributed by atoms with E-state index in [1.54, 1.807) is 6.07 Å². The van der Waals surface area contributed by atoms with Crippen LogP contribution in [-0.2, 0) is 25.8 Å². The number of halogens is 3. The molecule has 0 aliphatic carbocycles. The summed E-state index contributed by atoms with van der Waals surface area (Å²) in [6, 6.07) is 18.0. The fraction of sp³-hybridized carbons (Fsp3) is 0.250. The smallest absolute Gasteiger partial charge is 0.348 e. The van der Waals surface area contributed by atoms with Crippen molar-refractivity contribution in [3.05, 3.63) is 105 Å². The topological polar surface area (TPSA) is 65.2 Å². The highest BCUT2D eigenvalue weighted by Crippen LogP contribution is 2.31. The first kappa shape index (κ1) is 23.3. The maximum absolute atomic E-state index is 13.1. The molecule has 0 fully saturated rings. The summed E-state index contributed by atoms with van der Waals surface area (Å²) >= 11 is 0.